The minimum atomic E-state index is 0.636. The van der Waals surface area contributed by atoms with Gasteiger partial charge in [0.05, 0.1) is 0 Å². The van der Waals surface area contributed by atoms with Crippen LogP contribution in [0.1, 0.15) is 15.9 Å². The second kappa shape index (κ2) is 6.28. The van der Waals surface area contributed by atoms with E-state index in [0.29, 0.717) is 15.6 Å². The Morgan fingerprint density at radius 1 is 1.11 bits per heavy atom. The van der Waals surface area contributed by atoms with Gasteiger partial charge in [-0.15, -0.1) is 11.8 Å². The summed E-state index contributed by atoms with van der Waals surface area (Å²) in [5, 5.41) is 1.30. The molecule has 0 aliphatic heterocycles. The molecular formula is C14H10Cl2OS. The first-order valence-corrected chi connectivity index (χ1v) is 7.05. The molecule has 0 aromatic heterocycles. The molecule has 92 valence electrons. The zero-order valence-corrected chi connectivity index (χ0v) is 11.7. The van der Waals surface area contributed by atoms with Gasteiger partial charge in [-0.05, 0) is 29.8 Å². The molecule has 2 aromatic rings. The predicted molar refractivity (Wildman–Crippen MR) is 77.9 cm³/mol. The molecule has 0 bridgehead atoms. The van der Waals surface area contributed by atoms with Crippen molar-refractivity contribution in [2.45, 2.75) is 10.6 Å². The number of hydrogen-bond acceptors (Lipinski definition) is 2. The van der Waals surface area contributed by atoms with Crippen molar-refractivity contribution in [3.05, 3.63) is 63.6 Å². The molecule has 4 heteroatoms. The van der Waals surface area contributed by atoms with Gasteiger partial charge >= 0.3 is 0 Å². The van der Waals surface area contributed by atoms with Crippen LogP contribution >= 0.6 is 35.0 Å². The molecule has 18 heavy (non-hydrogen) atoms. The average molecular weight is 297 g/mol. The minimum Gasteiger partial charge on any atom is -0.298 e. The summed E-state index contributed by atoms with van der Waals surface area (Å²) < 4.78 is 0. The van der Waals surface area contributed by atoms with Crippen LogP contribution in [0, 0.1) is 0 Å². The molecule has 0 aliphatic rings. The van der Waals surface area contributed by atoms with Crippen molar-refractivity contribution in [3.63, 3.8) is 0 Å². The van der Waals surface area contributed by atoms with E-state index < -0.39 is 0 Å². The molecule has 0 atom stereocenters. The highest BCUT2D eigenvalue weighted by Crippen LogP contribution is 2.28. The van der Waals surface area contributed by atoms with E-state index in [-0.39, 0.29) is 0 Å². The monoisotopic (exact) mass is 296 g/mol. The van der Waals surface area contributed by atoms with Gasteiger partial charge in [0, 0.05) is 26.3 Å². The van der Waals surface area contributed by atoms with E-state index in [1.165, 1.54) is 0 Å². The van der Waals surface area contributed by atoms with Gasteiger partial charge in [0.25, 0.3) is 0 Å². The first-order valence-electron chi connectivity index (χ1n) is 5.31. The number of rotatable bonds is 4. The standard InChI is InChI=1S/C14H10Cl2OS/c15-12-5-4-11(14(16)7-12)9-18-13-3-1-2-10(6-13)8-17/h1-8H,9H2. The summed E-state index contributed by atoms with van der Waals surface area (Å²) in [5.41, 5.74) is 1.71. The van der Waals surface area contributed by atoms with Crippen molar-refractivity contribution in [2.75, 3.05) is 0 Å². The fourth-order valence-corrected chi connectivity index (χ4v) is 3.00. The Labute approximate surface area is 120 Å². The molecule has 0 fully saturated rings. The Hall–Kier alpha value is -0.960. The summed E-state index contributed by atoms with van der Waals surface area (Å²) in [5.74, 6) is 0.748. The van der Waals surface area contributed by atoms with Crippen molar-refractivity contribution in [1.29, 1.82) is 0 Å². The van der Waals surface area contributed by atoms with Crippen LogP contribution in [-0.4, -0.2) is 6.29 Å². The van der Waals surface area contributed by atoms with Crippen molar-refractivity contribution >= 4 is 41.2 Å². The zero-order valence-electron chi connectivity index (χ0n) is 9.40. The van der Waals surface area contributed by atoms with E-state index in [1.807, 2.05) is 30.3 Å². The molecule has 0 aliphatic carbocycles. The Kier molecular flexibility index (Phi) is 4.70. The molecule has 0 radical (unpaired) electrons. The van der Waals surface area contributed by atoms with E-state index in [1.54, 1.807) is 23.9 Å². The molecule has 0 N–H and O–H groups in total. The van der Waals surface area contributed by atoms with E-state index in [0.717, 1.165) is 22.5 Å². The summed E-state index contributed by atoms with van der Waals surface area (Å²) in [6.07, 6.45) is 0.847. The molecule has 0 saturated carbocycles. The maximum absolute atomic E-state index is 10.7. The summed E-state index contributed by atoms with van der Waals surface area (Å²) >= 11 is 13.6. The van der Waals surface area contributed by atoms with Gasteiger partial charge in [0.2, 0.25) is 0 Å². The summed E-state index contributed by atoms with van der Waals surface area (Å²) in [7, 11) is 0. The molecule has 0 amide bonds. The van der Waals surface area contributed by atoms with Crippen LogP contribution in [0.4, 0.5) is 0 Å². The summed E-state index contributed by atoms with van der Waals surface area (Å²) in [6.45, 7) is 0. The second-order valence-corrected chi connectivity index (χ2v) is 5.61. The fourth-order valence-electron chi connectivity index (χ4n) is 1.48. The Morgan fingerprint density at radius 2 is 1.94 bits per heavy atom. The first kappa shape index (κ1) is 13.5. The van der Waals surface area contributed by atoms with Crippen molar-refractivity contribution in [1.82, 2.24) is 0 Å². The number of halogens is 2. The molecule has 0 heterocycles. The fraction of sp³-hybridized carbons (Fsp3) is 0.0714. The first-order chi connectivity index (χ1) is 8.69. The Morgan fingerprint density at radius 3 is 2.67 bits per heavy atom. The average Bonchev–Trinajstić information content (AvgIpc) is 2.38. The van der Waals surface area contributed by atoms with E-state index in [2.05, 4.69) is 0 Å². The lowest BCUT2D eigenvalue weighted by Crippen LogP contribution is -1.84. The SMILES string of the molecule is O=Cc1cccc(SCc2ccc(Cl)cc2Cl)c1. The number of benzene rings is 2. The Balaban J connectivity index is 2.08. The van der Waals surface area contributed by atoms with Crippen molar-refractivity contribution < 1.29 is 4.79 Å². The van der Waals surface area contributed by atoms with Gasteiger partial charge < -0.3 is 0 Å². The number of carbonyl (C=O) groups is 1. The molecule has 0 spiro atoms. The highest BCUT2D eigenvalue weighted by Gasteiger charge is 2.03. The molecule has 2 rings (SSSR count). The Bertz CT molecular complexity index is 569. The number of carbonyl (C=O) groups excluding carboxylic acids is 1. The lowest BCUT2D eigenvalue weighted by atomic mass is 10.2. The van der Waals surface area contributed by atoms with Crippen LogP contribution in [0.2, 0.25) is 10.0 Å². The minimum absolute atomic E-state index is 0.636. The molecule has 2 aromatic carbocycles. The molecule has 1 nitrogen and oxygen atoms in total. The smallest absolute Gasteiger partial charge is 0.150 e. The quantitative estimate of drug-likeness (QED) is 0.577. The van der Waals surface area contributed by atoms with Gasteiger partial charge in [-0.2, -0.15) is 0 Å². The maximum atomic E-state index is 10.7. The van der Waals surface area contributed by atoms with Crippen LogP contribution in [0.15, 0.2) is 47.4 Å². The second-order valence-electron chi connectivity index (χ2n) is 3.71. The summed E-state index contributed by atoms with van der Waals surface area (Å²) in [6, 6.07) is 13.0. The summed E-state index contributed by atoms with van der Waals surface area (Å²) in [4.78, 5) is 11.7. The highest BCUT2D eigenvalue weighted by atomic mass is 35.5. The number of thioether (sulfide) groups is 1. The van der Waals surface area contributed by atoms with Gasteiger partial charge in [0.15, 0.2) is 0 Å². The van der Waals surface area contributed by atoms with E-state index >= 15 is 0 Å². The predicted octanol–water partition coefficient (Wildman–Crippen LogP) is 5.10. The third-order valence-corrected chi connectivity index (χ3v) is 4.03. The lowest BCUT2D eigenvalue weighted by Gasteiger charge is -2.05. The normalized spacial score (nSPS) is 10.3. The number of aldehydes is 1. The topological polar surface area (TPSA) is 17.1 Å². The number of hydrogen-bond donors (Lipinski definition) is 0. The van der Waals surface area contributed by atoms with Gasteiger partial charge in [-0.3, -0.25) is 4.79 Å². The van der Waals surface area contributed by atoms with Crippen molar-refractivity contribution in [3.8, 4) is 0 Å². The van der Waals surface area contributed by atoms with Crippen molar-refractivity contribution in [2.24, 2.45) is 0 Å². The van der Waals surface area contributed by atoms with Crippen LogP contribution in [0.3, 0.4) is 0 Å². The van der Waals surface area contributed by atoms with Gasteiger partial charge in [-0.25, -0.2) is 0 Å². The third-order valence-electron chi connectivity index (χ3n) is 2.40. The molecule has 0 saturated heterocycles. The maximum Gasteiger partial charge on any atom is 0.150 e. The third kappa shape index (κ3) is 3.52. The van der Waals surface area contributed by atoms with Gasteiger partial charge in [0.1, 0.15) is 6.29 Å². The van der Waals surface area contributed by atoms with Crippen LogP contribution in [0.5, 0.6) is 0 Å². The van der Waals surface area contributed by atoms with E-state index in [4.69, 9.17) is 23.2 Å². The van der Waals surface area contributed by atoms with Crippen LogP contribution in [0.25, 0.3) is 0 Å². The van der Waals surface area contributed by atoms with Crippen LogP contribution in [-0.2, 0) is 5.75 Å². The largest absolute Gasteiger partial charge is 0.298 e. The molecule has 0 unspecified atom stereocenters. The zero-order chi connectivity index (χ0) is 13.0. The lowest BCUT2D eigenvalue weighted by molar-refractivity contribution is 0.112. The molecular weight excluding hydrogens is 287 g/mol. The van der Waals surface area contributed by atoms with E-state index in [9.17, 15) is 4.79 Å². The van der Waals surface area contributed by atoms with Crippen LogP contribution < -0.4 is 0 Å². The van der Waals surface area contributed by atoms with Gasteiger partial charge in [-0.1, -0.05) is 41.4 Å². The highest BCUT2D eigenvalue weighted by molar-refractivity contribution is 7.98.